The van der Waals surface area contributed by atoms with Gasteiger partial charge in [-0.15, -0.1) is 0 Å². The van der Waals surface area contributed by atoms with E-state index in [1.807, 2.05) is 30.3 Å². The third-order valence-electron chi connectivity index (χ3n) is 1.88. The fraction of sp³-hybridized carbons (Fsp3) is 0.182. The second-order valence-electron chi connectivity index (χ2n) is 2.79. The first kappa shape index (κ1) is 10.3. The maximum atomic E-state index is 11.1. The number of benzene rings is 1. The summed E-state index contributed by atoms with van der Waals surface area (Å²) in [5.41, 5.74) is 1.81. The van der Waals surface area contributed by atoms with E-state index in [2.05, 4.69) is 10.6 Å². The highest BCUT2D eigenvalue weighted by molar-refractivity contribution is 5.94. The van der Waals surface area contributed by atoms with Crippen molar-refractivity contribution in [2.75, 3.05) is 14.1 Å². The van der Waals surface area contributed by atoms with Crippen molar-refractivity contribution in [3.8, 4) is 0 Å². The summed E-state index contributed by atoms with van der Waals surface area (Å²) in [6, 6.07) is 9.71. The highest BCUT2D eigenvalue weighted by Crippen LogP contribution is 2.09. The first-order valence-corrected chi connectivity index (χ1v) is 4.44. The van der Waals surface area contributed by atoms with Crippen LogP contribution in [0.1, 0.15) is 5.56 Å². The van der Waals surface area contributed by atoms with Crippen LogP contribution >= 0.6 is 0 Å². The summed E-state index contributed by atoms with van der Waals surface area (Å²) in [6.07, 6.45) is 1.54. The molecular formula is C11H14N2O. The summed E-state index contributed by atoms with van der Waals surface area (Å²) in [7, 11) is 3.40. The first-order chi connectivity index (χ1) is 6.77. The molecule has 14 heavy (non-hydrogen) atoms. The minimum atomic E-state index is -0.113. The van der Waals surface area contributed by atoms with Crippen molar-refractivity contribution in [1.29, 1.82) is 0 Å². The Morgan fingerprint density at radius 3 is 2.29 bits per heavy atom. The average Bonchev–Trinajstić information content (AvgIpc) is 2.26. The quantitative estimate of drug-likeness (QED) is 0.698. The monoisotopic (exact) mass is 190 g/mol. The molecule has 0 aliphatic carbocycles. The lowest BCUT2D eigenvalue weighted by Crippen LogP contribution is -2.17. The molecule has 1 rings (SSSR count). The van der Waals surface area contributed by atoms with Crippen molar-refractivity contribution in [1.82, 2.24) is 10.6 Å². The lowest BCUT2D eigenvalue weighted by molar-refractivity contribution is -0.116. The van der Waals surface area contributed by atoms with Crippen LogP contribution in [-0.4, -0.2) is 20.0 Å². The molecule has 74 valence electrons. The molecular weight excluding hydrogens is 176 g/mol. The predicted molar refractivity (Wildman–Crippen MR) is 57.5 cm³/mol. The normalized spacial score (nSPS) is 10.9. The van der Waals surface area contributed by atoms with E-state index in [-0.39, 0.29) is 5.91 Å². The van der Waals surface area contributed by atoms with Gasteiger partial charge in [0.2, 0.25) is 5.91 Å². The Balaban J connectivity index is 2.93. The van der Waals surface area contributed by atoms with Crippen molar-refractivity contribution in [3.05, 3.63) is 42.0 Å². The Kier molecular flexibility index (Phi) is 3.73. The topological polar surface area (TPSA) is 41.1 Å². The lowest BCUT2D eigenvalue weighted by atomic mass is 10.1. The Morgan fingerprint density at radius 1 is 1.14 bits per heavy atom. The zero-order valence-corrected chi connectivity index (χ0v) is 8.37. The molecule has 0 unspecified atom stereocenters. The van der Waals surface area contributed by atoms with Crippen LogP contribution in [0.3, 0.4) is 0 Å². The molecule has 0 saturated heterocycles. The van der Waals surface area contributed by atoms with Crippen LogP contribution in [0.2, 0.25) is 0 Å². The number of likely N-dealkylation sites (N-methyl/N-ethyl adjacent to an activating group) is 1. The molecule has 1 aromatic rings. The van der Waals surface area contributed by atoms with E-state index < -0.39 is 0 Å². The van der Waals surface area contributed by atoms with Gasteiger partial charge in [0.25, 0.3) is 0 Å². The van der Waals surface area contributed by atoms with Gasteiger partial charge in [-0.25, -0.2) is 0 Å². The van der Waals surface area contributed by atoms with E-state index in [0.29, 0.717) is 0 Å². The summed E-state index contributed by atoms with van der Waals surface area (Å²) < 4.78 is 0. The first-order valence-electron chi connectivity index (χ1n) is 4.44. The number of carbonyl (C=O) groups excluding carboxylic acids is 1. The molecule has 1 aromatic carbocycles. The Morgan fingerprint density at radius 2 is 1.79 bits per heavy atom. The van der Waals surface area contributed by atoms with Gasteiger partial charge in [0, 0.05) is 25.9 Å². The van der Waals surface area contributed by atoms with Gasteiger partial charge in [0.15, 0.2) is 0 Å². The summed E-state index contributed by atoms with van der Waals surface area (Å²) in [5, 5.41) is 5.53. The minimum Gasteiger partial charge on any atom is -0.387 e. The molecule has 2 N–H and O–H groups in total. The van der Waals surface area contributed by atoms with Crippen LogP contribution < -0.4 is 10.6 Å². The van der Waals surface area contributed by atoms with Crippen LogP contribution in [0.5, 0.6) is 0 Å². The van der Waals surface area contributed by atoms with E-state index in [0.717, 1.165) is 11.3 Å². The number of rotatable bonds is 3. The number of hydrogen-bond donors (Lipinski definition) is 2. The second kappa shape index (κ2) is 5.07. The summed E-state index contributed by atoms with van der Waals surface area (Å²) in [6.45, 7) is 0. The van der Waals surface area contributed by atoms with Crippen molar-refractivity contribution in [3.63, 3.8) is 0 Å². The van der Waals surface area contributed by atoms with Gasteiger partial charge in [-0.1, -0.05) is 30.3 Å². The summed E-state index contributed by atoms with van der Waals surface area (Å²) >= 11 is 0. The van der Waals surface area contributed by atoms with E-state index in [1.165, 1.54) is 6.08 Å². The molecule has 0 aliphatic rings. The average molecular weight is 190 g/mol. The van der Waals surface area contributed by atoms with Gasteiger partial charge >= 0.3 is 0 Å². The Bertz CT molecular complexity index is 330. The standard InChI is InChI=1S/C11H14N2O/c1-12-10(8-11(14)13-2)9-6-4-3-5-7-9/h3-8,12H,1-2H3,(H,13,14). The minimum absolute atomic E-state index is 0.113. The van der Waals surface area contributed by atoms with Gasteiger partial charge in [-0.2, -0.15) is 0 Å². The zero-order chi connectivity index (χ0) is 10.4. The van der Waals surface area contributed by atoms with Crippen molar-refractivity contribution < 1.29 is 4.79 Å². The third-order valence-corrected chi connectivity index (χ3v) is 1.88. The zero-order valence-electron chi connectivity index (χ0n) is 8.37. The highest BCUT2D eigenvalue weighted by Gasteiger charge is 2.00. The van der Waals surface area contributed by atoms with Crippen LogP contribution in [0.4, 0.5) is 0 Å². The Labute approximate surface area is 83.8 Å². The number of amides is 1. The van der Waals surface area contributed by atoms with Gasteiger partial charge in [0.1, 0.15) is 0 Å². The van der Waals surface area contributed by atoms with Crippen LogP contribution in [0, 0.1) is 0 Å². The SMILES string of the molecule is CNC(=O)C=C(NC)c1ccccc1. The van der Waals surface area contributed by atoms with Crippen molar-refractivity contribution in [2.45, 2.75) is 0 Å². The van der Waals surface area contributed by atoms with Gasteiger partial charge < -0.3 is 10.6 Å². The smallest absolute Gasteiger partial charge is 0.245 e. The molecule has 0 spiro atoms. The van der Waals surface area contributed by atoms with Crippen molar-refractivity contribution in [2.24, 2.45) is 0 Å². The summed E-state index contributed by atoms with van der Waals surface area (Å²) in [5.74, 6) is -0.113. The maximum Gasteiger partial charge on any atom is 0.245 e. The van der Waals surface area contributed by atoms with Crippen molar-refractivity contribution >= 4 is 11.6 Å². The highest BCUT2D eigenvalue weighted by atomic mass is 16.1. The molecule has 3 nitrogen and oxygen atoms in total. The fourth-order valence-electron chi connectivity index (χ4n) is 1.12. The van der Waals surface area contributed by atoms with E-state index in [4.69, 9.17) is 0 Å². The van der Waals surface area contributed by atoms with Gasteiger partial charge in [-0.05, 0) is 5.56 Å². The largest absolute Gasteiger partial charge is 0.387 e. The molecule has 0 heterocycles. The number of carbonyl (C=O) groups is 1. The molecule has 0 aromatic heterocycles. The van der Waals surface area contributed by atoms with Gasteiger partial charge in [-0.3, -0.25) is 4.79 Å². The van der Waals surface area contributed by atoms with E-state index >= 15 is 0 Å². The summed E-state index contributed by atoms with van der Waals surface area (Å²) in [4.78, 5) is 11.1. The molecule has 0 atom stereocenters. The molecule has 1 amide bonds. The predicted octanol–water partition coefficient (Wildman–Crippen LogP) is 0.993. The molecule has 0 saturated carbocycles. The third kappa shape index (κ3) is 2.62. The molecule has 0 fully saturated rings. The van der Waals surface area contributed by atoms with E-state index in [9.17, 15) is 4.79 Å². The Hall–Kier alpha value is -1.77. The number of hydrogen-bond acceptors (Lipinski definition) is 2. The van der Waals surface area contributed by atoms with Crippen LogP contribution in [0.15, 0.2) is 36.4 Å². The molecule has 0 bridgehead atoms. The van der Waals surface area contributed by atoms with Gasteiger partial charge in [0.05, 0.1) is 0 Å². The number of nitrogens with one attached hydrogen (secondary N) is 2. The lowest BCUT2D eigenvalue weighted by Gasteiger charge is -2.06. The maximum absolute atomic E-state index is 11.1. The fourth-order valence-corrected chi connectivity index (χ4v) is 1.12. The second-order valence-corrected chi connectivity index (χ2v) is 2.79. The molecule has 0 aliphatic heterocycles. The van der Waals surface area contributed by atoms with E-state index in [1.54, 1.807) is 14.1 Å². The van der Waals surface area contributed by atoms with Crippen LogP contribution in [0.25, 0.3) is 5.70 Å². The molecule has 3 heteroatoms. The molecule has 0 radical (unpaired) electrons. The van der Waals surface area contributed by atoms with Crippen LogP contribution in [-0.2, 0) is 4.79 Å².